The standard InChI is InChI=1S/C14H21N5O2S/c1-2-9-22(20,21)18-11-4-7-19(8-5-11)14-12-3-6-15-13(12)16-10-17-14/h3,6,10-11,18H,2,4-5,7-9H2,1H3,(H,15,16,17). The molecule has 0 radical (unpaired) electrons. The molecule has 0 aromatic carbocycles. The summed E-state index contributed by atoms with van der Waals surface area (Å²) in [7, 11) is -3.14. The Bertz CT molecular complexity index is 735. The van der Waals surface area contributed by atoms with E-state index in [9.17, 15) is 8.42 Å². The molecule has 8 heteroatoms. The van der Waals surface area contributed by atoms with Gasteiger partial charge in [0, 0.05) is 25.3 Å². The van der Waals surface area contributed by atoms with E-state index in [1.807, 2.05) is 19.2 Å². The fraction of sp³-hybridized carbons (Fsp3) is 0.571. The van der Waals surface area contributed by atoms with Gasteiger partial charge in [-0.05, 0) is 25.3 Å². The number of piperidine rings is 1. The average molecular weight is 323 g/mol. The maximum atomic E-state index is 11.8. The second kappa shape index (κ2) is 6.21. The first-order valence-corrected chi connectivity index (χ1v) is 9.27. The molecule has 1 saturated heterocycles. The Hall–Kier alpha value is -1.67. The number of nitrogens with zero attached hydrogens (tertiary/aromatic N) is 3. The molecule has 120 valence electrons. The highest BCUT2D eigenvalue weighted by atomic mass is 32.2. The molecule has 1 fully saturated rings. The van der Waals surface area contributed by atoms with Gasteiger partial charge in [-0.2, -0.15) is 0 Å². The summed E-state index contributed by atoms with van der Waals surface area (Å²) in [5.41, 5.74) is 0.829. The Labute approximate surface area is 130 Å². The molecule has 3 heterocycles. The van der Waals surface area contributed by atoms with E-state index in [0.29, 0.717) is 6.42 Å². The monoisotopic (exact) mass is 323 g/mol. The van der Waals surface area contributed by atoms with Gasteiger partial charge in [-0.1, -0.05) is 6.92 Å². The highest BCUT2D eigenvalue weighted by molar-refractivity contribution is 7.89. The number of aromatic amines is 1. The van der Waals surface area contributed by atoms with Gasteiger partial charge in [0.05, 0.1) is 11.1 Å². The minimum absolute atomic E-state index is 0.0244. The van der Waals surface area contributed by atoms with Crippen LogP contribution in [0.25, 0.3) is 11.0 Å². The van der Waals surface area contributed by atoms with Gasteiger partial charge in [0.25, 0.3) is 0 Å². The summed E-state index contributed by atoms with van der Waals surface area (Å²) in [5, 5.41) is 1.01. The van der Waals surface area contributed by atoms with Gasteiger partial charge in [-0.3, -0.25) is 0 Å². The molecule has 0 atom stereocenters. The minimum Gasteiger partial charge on any atom is -0.356 e. The summed E-state index contributed by atoms with van der Waals surface area (Å²) in [6.45, 7) is 3.45. The number of hydrogen-bond donors (Lipinski definition) is 2. The van der Waals surface area contributed by atoms with E-state index in [-0.39, 0.29) is 11.8 Å². The van der Waals surface area contributed by atoms with Crippen molar-refractivity contribution in [1.82, 2.24) is 19.7 Å². The van der Waals surface area contributed by atoms with Crippen LogP contribution in [0.1, 0.15) is 26.2 Å². The lowest BCUT2D eigenvalue weighted by molar-refractivity contribution is 0.458. The molecule has 0 saturated carbocycles. The quantitative estimate of drug-likeness (QED) is 0.864. The predicted octanol–water partition coefficient (Wildman–Crippen LogP) is 1.26. The van der Waals surface area contributed by atoms with E-state index in [0.717, 1.165) is 42.8 Å². The van der Waals surface area contributed by atoms with Crippen molar-refractivity contribution in [3.63, 3.8) is 0 Å². The van der Waals surface area contributed by atoms with E-state index in [1.54, 1.807) is 6.33 Å². The van der Waals surface area contributed by atoms with Crippen LogP contribution in [-0.2, 0) is 10.0 Å². The minimum atomic E-state index is -3.14. The zero-order valence-corrected chi connectivity index (χ0v) is 13.4. The first-order chi connectivity index (χ1) is 10.6. The Morgan fingerprint density at radius 3 is 2.86 bits per heavy atom. The van der Waals surface area contributed by atoms with E-state index in [1.165, 1.54) is 0 Å². The summed E-state index contributed by atoms with van der Waals surface area (Å²) in [6.07, 6.45) is 5.64. The van der Waals surface area contributed by atoms with Crippen LogP contribution in [0.5, 0.6) is 0 Å². The molecule has 2 aromatic heterocycles. The van der Waals surface area contributed by atoms with Crippen molar-refractivity contribution in [2.45, 2.75) is 32.2 Å². The van der Waals surface area contributed by atoms with Gasteiger partial charge in [0.1, 0.15) is 17.8 Å². The fourth-order valence-corrected chi connectivity index (χ4v) is 4.30. The third-order valence-corrected chi connectivity index (χ3v) is 5.58. The van der Waals surface area contributed by atoms with Crippen LogP contribution < -0.4 is 9.62 Å². The molecule has 0 amide bonds. The number of sulfonamides is 1. The van der Waals surface area contributed by atoms with Crippen molar-refractivity contribution in [2.24, 2.45) is 0 Å². The molecule has 7 nitrogen and oxygen atoms in total. The average Bonchev–Trinajstić information content (AvgIpc) is 2.96. The molecule has 22 heavy (non-hydrogen) atoms. The first-order valence-electron chi connectivity index (χ1n) is 7.62. The van der Waals surface area contributed by atoms with Gasteiger partial charge in [-0.25, -0.2) is 23.1 Å². The molecule has 2 aromatic rings. The second-order valence-corrected chi connectivity index (χ2v) is 7.51. The van der Waals surface area contributed by atoms with Crippen LogP contribution in [0.15, 0.2) is 18.6 Å². The molecule has 2 N–H and O–H groups in total. The molecular formula is C14H21N5O2S. The van der Waals surface area contributed by atoms with Gasteiger partial charge in [0.2, 0.25) is 10.0 Å². The Balaban J connectivity index is 1.66. The normalized spacial score (nSPS) is 17.2. The maximum Gasteiger partial charge on any atom is 0.211 e. The number of fused-ring (bicyclic) bond motifs is 1. The number of hydrogen-bond acceptors (Lipinski definition) is 5. The van der Waals surface area contributed by atoms with Crippen LogP contribution >= 0.6 is 0 Å². The molecular weight excluding hydrogens is 302 g/mol. The Morgan fingerprint density at radius 2 is 2.14 bits per heavy atom. The molecule has 0 bridgehead atoms. The van der Waals surface area contributed by atoms with Gasteiger partial charge >= 0.3 is 0 Å². The van der Waals surface area contributed by atoms with Crippen LogP contribution in [-0.4, -0.2) is 48.3 Å². The Kier molecular flexibility index (Phi) is 4.30. The zero-order chi connectivity index (χ0) is 15.6. The maximum absolute atomic E-state index is 11.8. The number of aromatic nitrogens is 3. The van der Waals surface area contributed by atoms with E-state index in [2.05, 4.69) is 24.6 Å². The summed E-state index contributed by atoms with van der Waals surface area (Å²) in [5.74, 6) is 1.12. The van der Waals surface area contributed by atoms with Crippen molar-refractivity contribution in [3.8, 4) is 0 Å². The highest BCUT2D eigenvalue weighted by Crippen LogP contribution is 2.25. The molecule has 0 aliphatic carbocycles. The van der Waals surface area contributed by atoms with Gasteiger partial charge in [-0.15, -0.1) is 0 Å². The first kappa shape index (κ1) is 15.2. The van der Waals surface area contributed by atoms with Crippen molar-refractivity contribution < 1.29 is 8.42 Å². The van der Waals surface area contributed by atoms with Crippen molar-refractivity contribution in [1.29, 1.82) is 0 Å². The molecule has 0 unspecified atom stereocenters. The van der Waals surface area contributed by atoms with Crippen molar-refractivity contribution in [2.75, 3.05) is 23.7 Å². The van der Waals surface area contributed by atoms with Crippen LogP contribution in [0, 0.1) is 0 Å². The molecule has 0 spiro atoms. The van der Waals surface area contributed by atoms with Crippen LogP contribution in [0.3, 0.4) is 0 Å². The molecule has 3 rings (SSSR count). The lowest BCUT2D eigenvalue weighted by atomic mass is 10.1. The smallest absolute Gasteiger partial charge is 0.211 e. The molecule has 1 aliphatic heterocycles. The third kappa shape index (κ3) is 3.22. The molecule has 1 aliphatic rings. The van der Waals surface area contributed by atoms with Gasteiger partial charge in [0.15, 0.2) is 0 Å². The van der Waals surface area contributed by atoms with Crippen LogP contribution in [0.4, 0.5) is 5.82 Å². The van der Waals surface area contributed by atoms with Crippen molar-refractivity contribution in [3.05, 3.63) is 18.6 Å². The van der Waals surface area contributed by atoms with Gasteiger partial charge < -0.3 is 9.88 Å². The van der Waals surface area contributed by atoms with Crippen LogP contribution in [0.2, 0.25) is 0 Å². The predicted molar refractivity (Wildman–Crippen MR) is 86.3 cm³/mol. The zero-order valence-electron chi connectivity index (χ0n) is 12.6. The SMILES string of the molecule is CCCS(=O)(=O)NC1CCN(c2ncnc3[nH]ccc23)CC1. The number of nitrogens with one attached hydrogen (secondary N) is 2. The number of H-pyrrole nitrogens is 1. The van der Waals surface area contributed by atoms with Crippen molar-refractivity contribution >= 4 is 26.9 Å². The number of rotatable bonds is 5. The lowest BCUT2D eigenvalue weighted by Gasteiger charge is -2.33. The second-order valence-electron chi connectivity index (χ2n) is 5.64. The number of anilines is 1. The lowest BCUT2D eigenvalue weighted by Crippen LogP contribution is -2.45. The fourth-order valence-electron chi connectivity index (χ4n) is 2.90. The third-order valence-electron chi connectivity index (χ3n) is 3.95. The van der Waals surface area contributed by atoms with E-state index >= 15 is 0 Å². The topological polar surface area (TPSA) is 91.0 Å². The summed E-state index contributed by atoms with van der Waals surface area (Å²) >= 11 is 0. The summed E-state index contributed by atoms with van der Waals surface area (Å²) in [6, 6.07) is 2.00. The summed E-state index contributed by atoms with van der Waals surface area (Å²) < 4.78 is 26.5. The highest BCUT2D eigenvalue weighted by Gasteiger charge is 2.24. The largest absolute Gasteiger partial charge is 0.356 e. The van der Waals surface area contributed by atoms with E-state index < -0.39 is 10.0 Å². The Morgan fingerprint density at radius 1 is 1.36 bits per heavy atom. The van der Waals surface area contributed by atoms with E-state index in [4.69, 9.17) is 0 Å². The summed E-state index contributed by atoms with van der Waals surface area (Å²) in [4.78, 5) is 13.9.